The average molecular weight is 176 g/mol. The molecule has 0 bridgehead atoms. The van der Waals surface area contributed by atoms with Crippen molar-refractivity contribution in [3.63, 3.8) is 0 Å². The molecular formula is C11H12O2. The quantitative estimate of drug-likeness (QED) is 0.519. The summed E-state index contributed by atoms with van der Waals surface area (Å²) in [6.07, 6.45) is 5.10. The number of benzene rings is 1. The van der Waals surface area contributed by atoms with Crippen molar-refractivity contribution >= 4 is 0 Å². The molecule has 0 aliphatic carbocycles. The zero-order valence-electron chi connectivity index (χ0n) is 7.35. The first-order valence-corrected chi connectivity index (χ1v) is 4.43. The number of rotatable bonds is 4. The second-order valence-electron chi connectivity index (χ2n) is 2.99. The Morgan fingerprint density at radius 3 is 2.85 bits per heavy atom. The van der Waals surface area contributed by atoms with Gasteiger partial charge in [0.2, 0.25) is 0 Å². The monoisotopic (exact) mass is 176 g/mol. The van der Waals surface area contributed by atoms with Gasteiger partial charge in [0, 0.05) is 0 Å². The second-order valence-corrected chi connectivity index (χ2v) is 2.99. The van der Waals surface area contributed by atoms with Gasteiger partial charge in [0.25, 0.3) is 0 Å². The van der Waals surface area contributed by atoms with Crippen molar-refractivity contribution in [2.45, 2.75) is 12.5 Å². The van der Waals surface area contributed by atoms with Gasteiger partial charge in [0.1, 0.15) is 5.75 Å². The van der Waals surface area contributed by atoms with E-state index in [-0.39, 0.29) is 0 Å². The van der Waals surface area contributed by atoms with Gasteiger partial charge in [0.05, 0.1) is 19.0 Å². The molecule has 0 aromatic heterocycles. The lowest BCUT2D eigenvalue weighted by Crippen LogP contribution is -1.83. The van der Waals surface area contributed by atoms with Gasteiger partial charge in [-0.25, -0.2) is 0 Å². The standard InChI is InChI=1S/C11H12O2/c1-2-5-10(6-3-1)12-8-4-7-11-9-13-11/h1-6,8,11H,7,9H2. The third-order valence-corrected chi connectivity index (χ3v) is 1.84. The Morgan fingerprint density at radius 2 is 2.15 bits per heavy atom. The van der Waals surface area contributed by atoms with Crippen molar-refractivity contribution in [1.82, 2.24) is 0 Å². The Bertz CT molecular complexity index is 275. The summed E-state index contributed by atoms with van der Waals surface area (Å²) in [6, 6.07) is 9.73. The van der Waals surface area contributed by atoms with Gasteiger partial charge >= 0.3 is 0 Å². The number of epoxide rings is 1. The van der Waals surface area contributed by atoms with E-state index in [0.29, 0.717) is 6.10 Å². The van der Waals surface area contributed by atoms with E-state index in [1.807, 2.05) is 36.4 Å². The number of hydrogen-bond donors (Lipinski definition) is 0. The van der Waals surface area contributed by atoms with E-state index in [4.69, 9.17) is 9.47 Å². The molecule has 1 heterocycles. The SMILES string of the molecule is C(=COc1ccccc1)CC1CO1. The minimum atomic E-state index is 0.440. The van der Waals surface area contributed by atoms with Crippen LogP contribution in [0.5, 0.6) is 5.75 Å². The molecule has 1 aromatic rings. The first-order valence-electron chi connectivity index (χ1n) is 4.43. The molecule has 2 rings (SSSR count). The maximum atomic E-state index is 5.35. The molecule has 0 saturated carbocycles. The summed E-state index contributed by atoms with van der Waals surface area (Å²) in [6.45, 7) is 0.898. The molecule has 1 atom stereocenters. The van der Waals surface area contributed by atoms with E-state index in [1.54, 1.807) is 6.26 Å². The molecule has 1 saturated heterocycles. The number of hydrogen-bond acceptors (Lipinski definition) is 2. The third kappa shape index (κ3) is 2.92. The number of ether oxygens (including phenoxy) is 2. The molecule has 2 nitrogen and oxygen atoms in total. The molecular weight excluding hydrogens is 164 g/mol. The van der Waals surface area contributed by atoms with Crippen LogP contribution in [0.4, 0.5) is 0 Å². The molecule has 1 aliphatic heterocycles. The summed E-state index contributed by atoms with van der Waals surface area (Å²) in [4.78, 5) is 0. The fourth-order valence-corrected chi connectivity index (χ4v) is 1.04. The summed E-state index contributed by atoms with van der Waals surface area (Å²) in [5.74, 6) is 0.871. The smallest absolute Gasteiger partial charge is 0.126 e. The molecule has 0 N–H and O–H groups in total. The lowest BCUT2D eigenvalue weighted by atomic mass is 10.3. The Hall–Kier alpha value is -1.28. The summed E-state index contributed by atoms with van der Waals surface area (Å²) in [5, 5.41) is 0. The fraction of sp³-hybridized carbons (Fsp3) is 0.273. The second kappa shape index (κ2) is 4.10. The van der Waals surface area contributed by atoms with Crippen molar-refractivity contribution in [3.8, 4) is 5.75 Å². The van der Waals surface area contributed by atoms with Gasteiger partial charge < -0.3 is 9.47 Å². The zero-order valence-corrected chi connectivity index (χ0v) is 7.35. The lowest BCUT2D eigenvalue weighted by molar-refractivity contribution is 0.407. The van der Waals surface area contributed by atoms with Gasteiger partial charge in [-0.2, -0.15) is 0 Å². The normalized spacial score (nSPS) is 20.5. The van der Waals surface area contributed by atoms with E-state index in [2.05, 4.69) is 0 Å². The van der Waals surface area contributed by atoms with E-state index in [1.165, 1.54) is 0 Å². The maximum Gasteiger partial charge on any atom is 0.126 e. The highest BCUT2D eigenvalue weighted by molar-refractivity contribution is 5.21. The Morgan fingerprint density at radius 1 is 1.38 bits per heavy atom. The van der Waals surface area contributed by atoms with Crippen molar-refractivity contribution in [3.05, 3.63) is 42.7 Å². The van der Waals surface area contributed by atoms with Crippen LogP contribution in [0.3, 0.4) is 0 Å². The Labute approximate surface area is 77.8 Å². The van der Waals surface area contributed by atoms with Crippen LogP contribution in [0.25, 0.3) is 0 Å². The average Bonchev–Trinajstić information content (AvgIpc) is 2.98. The van der Waals surface area contributed by atoms with Crippen molar-refractivity contribution in [2.75, 3.05) is 6.61 Å². The molecule has 1 unspecified atom stereocenters. The Balaban J connectivity index is 1.75. The molecule has 0 amide bonds. The van der Waals surface area contributed by atoms with Gasteiger partial charge in [-0.05, 0) is 24.6 Å². The molecule has 0 spiro atoms. The molecule has 2 heteroatoms. The van der Waals surface area contributed by atoms with Crippen molar-refractivity contribution in [1.29, 1.82) is 0 Å². The van der Waals surface area contributed by atoms with E-state index in [9.17, 15) is 0 Å². The summed E-state index contributed by atoms with van der Waals surface area (Å²) < 4.78 is 10.4. The van der Waals surface area contributed by atoms with Crippen LogP contribution < -0.4 is 4.74 Å². The van der Waals surface area contributed by atoms with Gasteiger partial charge in [-0.1, -0.05) is 18.2 Å². The highest BCUT2D eigenvalue weighted by atomic mass is 16.6. The van der Waals surface area contributed by atoms with Crippen LogP contribution in [0.1, 0.15) is 6.42 Å². The molecule has 1 fully saturated rings. The third-order valence-electron chi connectivity index (χ3n) is 1.84. The summed E-state index contributed by atoms with van der Waals surface area (Å²) in [5.41, 5.74) is 0. The Kier molecular flexibility index (Phi) is 2.62. The van der Waals surface area contributed by atoms with Crippen molar-refractivity contribution in [2.24, 2.45) is 0 Å². The molecule has 0 radical (unpaired) electrons. The van der Waals surface area contributed by atoms with Gasteiger partial charge in [0.15, 0.2) is 0 Å². The first-order chi connectivity index (χ1) is 6.45. The summed E-state index contributed by atoms with van der Waals surface area (Å²) >= 11 is 0. The van der Waals surface area contributed by atoms with E-state index < -0.39 is 0 Å². The maximum absolute atomic E-state index is 5.35. The van der Waals surface area contributed by atoms with E-state index >= 15 is 0 Å². The van der Waals surface area contributed by atoms with Crippen LogP contribution in [-0.4, -0.2) is 12.7 Å². The lowest BCUT2D eigenvalue weighted by Gasteiger charge is -1.97. The molecule has 13 heavy (non-hydrogen) atoms. The molecule has 1 aromatic carbocycles. The zero-order chi connectivity index (χ0) is 8.93. The van der Waals surface area contributed by atoms with Gasteiger partial charge in [-0.15, -0.1) is 0 Å². The predicted octanol–water partition coefficient (Wildman–Crippen LogP) is 2.37. The van der Waals surface area contributed by atoms with Crippen LogP contribution >= 0.6 is 0 Å². The minimum Gasteiger partial charge on any atom is -0.465 e. The topological polar surface area (TPSA) is 21.8 Å². The fourth-order valence-electron chi connectivity index (χ4n) is 1.04. The highest BCUT2D eigenvalue weighted by Gasteiger charge is 2.19. The largest absolute Gasteiger partial charge is 0.465 e. The molecule has 1 aliphatic rings. The number of para-hydroxylation sites is 1. The van der Waals surface area contributed by atoms with Gasteiger partial charge in [-0.3, -0.25) is 0 Å². The minimum absolute atomic E-state index is 0.440. The van der Waals surface area contributed by atoms with Crippen LogP contribution in [0.2, 0.25) is 0 Å². The highest BCUT2D eigenvalue weighted by Crippen LogP contribution is 2.14. The van der Waals surface area contributed by atoms with Crippen LogP contribution in [0.15, 0.2) is 42.7 Å². The van der Waals surface area contributed by atoms with Crippen molar-refractivity contribution < 1.29 is 9.47 Å². The van der Waals surface area contributed by atoms with E-state index in [0.717, 1.165) is 18.8 Å². The summed E-state index contributed by atoms with van der Waals surface area (Å²) in [7, 11) is 0. The van der Waals surface area contributed by atoms with Crippen LogP contribution in [-0.2, 0) is 4.74 Å². The first kappa shape index (κ1) is 8.32. The van der Waals surface area contributed by atoms with Crippen LogP contribution in [0, 0.1) is 0 Å². The molecule has 68 valence electrons. The predicted molar refractivity (Wildman–Crippen MR) is 50.6 cm³/mol.